The Morgan fingerprint density at radius 1 is 0.893 bits per heavy atom. The maximum atomic E-state index is 12.0. The summed E-state index contributed by atoms with van der Waals surface area (Å²) in [6.45, 7) is 6.89. The lowest BCUT2D eigenvalue weighted by Gasteiger charge is -2.10. The summed E-state index contributed by atoms with van der Waals surface area (Å²) in [5.41, 5.74) is 2.08. The molecule has 5 nitrogen and oxygen atoms in total. The number of ether oxygens (including phenoxy) is 2. The summed E-state index contributed by atoms with van der Waals surface area (Å²) in [4.78, 5) is 23.0. The number of aryl methyl sites for hydroxylation is 1. The molecule has 2 aromatic rings. The molecule has 0 heterocycles. The average molecular weight is 383 g/mol. The molecule has 0 radical (unpaired) electrons. The van der Waals surface area contributed by atoms with Crippen LogP contribution < -0.4 is 14.8 Å². The van der Waals surface area contributed by atoms with Gasteiger partial charge in [-0.2, -0.15) is 0 Å². The molecule has 0 bridgehead atoms. The number of rotatable bonds is 11. The van der Waals surface area contributed by atoms with E-state index in [1.807, 2.05) is 48.5 Å². The van der Waals surface area contributed by atoms with E-state index in [4.69, 9.17) is 9.47 Å². The van der Waals surface area contributed by atoms with Gasteiger partial charge in [0.25, 0.3) is 5.91 Å². The fourth-order valence-corrected chi connectivity index (χ4v) is 2.44. The molecule has 0 fully saturated rings. The first-order chi connectivity index (χ1) is 13.4. The highest BCUT2D eigenvalue weighted by Crippen LogP contribution is 2.14. The molecule has 0 unspecified atom stereocenters. The van der Waals surface area contributed by atoms with Crippen LogP contribution in [-0.4, -0.2) is 24.9 Å². The van der Waals surface area contributed by atoms with Crippen LogP contribution in [-0.2, 0) is 22.6 Å². The summed E-state index contributed by atoms with van der Waals surface area (Å²) in [5.74, 6) is 1.94. The molecule has 0 saturated carbocycles. The number of ketones is 1. The molecule has 5 heteroatoms. The number of Topliss-reactive ketones (excluding diaryl/α,β-unsaturated/α-hetero) is 1. The molecule has 0 saturated heterocycles. The summed E-state index contributed by atoms with van der Waals surface area (Å²) >= 11 is 0. The number of benzene rings is 2. The first-order valence-corrected chi connectivity index (χ1v) is 9.62. The van der Waals surface area contributed by atoms with Crippen molar-refractivity contribution < 1.29 is 19.1 Å². The Labute approximate surface area is 167 Å². The third kappa shape index (κ3) is 8.25. The van der Waals surface area contributed by atoms with Crippen LogP contribution in [0.2, 0.25) is 0 Å². The normalized spacial score (nSPS) is 10.6. The van der Waals surface area contributed by atoms with E-state index in [1.54, 1.807) is 6.92 Å². The second-order valence-electron chi connectivity index (χ2n) is 7.26. The van der Waals surface area contributed by atoms with Gasteiger partial charge < -0.3 is 19.6 Å². The van der Waals surface area contributed by atoms with Gasteiger partial charge >= 0.3 is 0 Å². The first-order valence-electron chi connectivity index (χ1n) is 9.62. The minimum absolute atomic E-state index is 0.0393. The van der Waals surface area contributed by atoms with Gasteiger partial charge in [0.2, 0.25) is 0 Å². The van der Waals surface area contributed by atoms with Crippen LogP contribution in [0.5, 0.6) is 11.5 Å². The number of nitrogens with one attached hydrogen (secondary N) is 1. The highest BCUT2D eigenvalue weighted by atomic mass is 16.5. The van der Waals surface area contributed by atoms with Crippen molar-refractivity contribution in [3.05, 3.63) is 59.7 Å². The van der Waals surface area contributed by atoms with Crippen molar-refractivity contribution in [2.24, 2.45) is 5.92 Å². The van der Waals surface area contributed by atoms with Gasteiger partial charge in [-0.05, 0) is 54.7 Å². The minimum atomic E-state index is -0.180. The minimum Gasteiger partial charge on any atom is -0.493 e. The van der Waals surface area contributed by atoms with Crippen LogP contribution >= 0.6 is 0 Å². The molecule has 0 atom stereocenters. The van der Waals surface area contributed by atoms with Crippen molar-refractivity contribution in [1.82, 2.24) is 5.32 Å². The van der Waals surface area contributed by atoms with E-state index in [-0.39, 0.29) is 18.3 Å². The van der Waals surface area contributed by atoms with Crippen molar-refractivity contribution >= 4 is 11.7 Å². The van der Waals surface area contributed by atoms with Crippen molar-refractivity contribution in [2.45, 2.75) is 40.2 Å². The van der Waals surface area contributed by atoms with Gasteiger partial charge in [0.05, 0.1) is 6.61 Å². The molecule has 0 aliphatic rings. The molecule has 2 rings (SSSR count). The molecule has 0 aliphatic heterocycles. The number of amides is 1. The van der Waals surface area contributed by atoms with E-state index in [2.05, 4.69) is 19.2 Å². The molecule has 2 aromatic carbocycles. The average Bonchev–Trinajstić information content (AvgIpc) is 2.69. The zero-order valence-electron chi connectivity index (χ0n) is 16.9. The molecule has 28 heavy (non-hydrogen) atoms. The topological polar surface area (TPSA) is 64.6 Å². The summed E-state index contributed by atoms with van der Waals surface area (Å²) in [6, 6.07) is 15.2. The summed E-state index contributed by atoms with van der Waals surface area (Å²) in [7, 11) is 0. The second-order valence-corrected chi connectivity index (χ2v) is 7.26. The fraction of sp³-hybridized carbons (Fsp3) is 0.391. The third-order valence-electron chi connectivity index (χ3n) is 4.06. The second kappa shape index (κ2) is 11.1. The van der Waals surface area contributed by atoms with E-state index < -0.39 is 0 Å². The Bertz CT molecular complexity index is 751. The molecule has 1 amide bonds. The van der Waals surface area contributed by atoms with Crippen LogP contribution in [0.15, 0.2) is 48.5 Å². The van der Waals surface area contributed by atoms with Gasteiger partial charge in [0, 0.05) is 13.0 Å². The first kappa shape index (κ1) is 21.5. The largest absolute Gasteiger partial charge is 0.493 e. The lowest BCUT2D eigenvalue weighted by atomic mass is 10.1. The van der Waals surface area contributed by atoms with Crippen molar-refractivity contribution in [3.8, 4) is 11.5 Å². The van der Waals surface area contributed by atoms with Gasteiger partial charge in [-0.1, -0.05) is 38.1 Å². The molecule has 150 valence electrons. The van der Waals surface area contributed by atoms with Crippen LogP contribution in [0, 0.1) is 5.92 Å². The predicted octanol–water partition coefficient (Wildman–Crippen LogP) is 3.94. The van der Waals surface area contributed by atoms with Gasteiger partial charge in [-0.3, -0.25) is 4.79 Å². The molecule has 0 aliphatic carbocycles. The van der Waals surface area contributed by atoms with Gasteiger partial charge in [0.15, 0.2) is 6.61 Å². The van der Waals surface area contributed by atoms with Crippen LogP contribution in [0.3, 0.4) is 0 Å². The maximum absolute atomic E-state index is 12.0. The zero-order chi connectivity index (χ0) is 20.4. The van der Waals surface area contributed by atoms with Gasteiger partial charge in [-0.25, -0.2) is 0 Å². The Kier molecular flexibility index (Phi) is 8.53. The lowest BCUT2D eigenvalue weighted by Crippen LogP contribution is -2.28. The Morgan fingerprint density at radius 2 is 1.46 bits per heavy atom. The monoisotopic (exact) mass is 383 g/mol. The summed E-state index contributed by atoms with van der Waals surface area (Å²) in [6.07, 6.45) is 1.25. The SMILES string of the molecule is CC(=O)CCc1ccc(OCC(=O)NCc2ccc(OCC(C)C)cc2)cc1. The standard InChI is InChI=1S/C23H29NO4/c1-17(2)15-27-21-12-8-20(9-13-21)14-24-23(26)16-28-22-10-6-19(7-11-22)5-4-18(3)25/h6-13,17H,4-5,14-16H2,1-3H3,(H,24,26). The predicted molar refractivity (Wildman–Crippen MR) is 110 cm³/mol. The lowest BCUT2D eigenvalue weighted by molar-refractivity contribution is -0.123. The maximum Gasteiger partial charge on any atom is 0.258 e. The molecule has 0 spiro atoms. The van der Waals surface area contributed by atoms with E-state index in [1.165, 1.54) is 0 Å². The van der Waals surface area contributed by atoms with E-state index in [0.717, 1.165) is 23.3 Å². The number of hydrogen-bond donors (Lipinski definition) is 1. The fourth-order valence-electron chi connectivity index (χ4n) is 2.44. The number of hydrogen-bond acceptors (Lipinski definition) is 4. The van der Waals surface area contributed by atoms with Gasteiger partial charge in [-0.15, -0.1) is 0 Å². The summed E-state index contributed by atoms with van der Waals surface area (Å²) < 4.78 is 11.2. The molecule has 1 N–H and O–H groups in total. The quantitative estimate of drug-likeness (QED) is 0.638. The van der Waals surface area contributed by atoms with Crippen molar-refractivity contribution in [1.29, 1.82) is 0 Å². The number of carbonyl (C=O) groups is 2. The Hall–Kier alpha value is -2.82. The smallest absolute Gasteiger partial charge is 0.258 e. The summed E-state index contributed by atoms with van der Waals surface area (Å²) in [5, 5.41) is 2.84. The highest BCUT2D eigenvalue weighted by molar-refractivity contribution is 5.77. The number of carbonyl (C=O) groups excluding carboxylic acids is 2. The molecular weight excluding hydrogens is 354 g/mol. The van der Waals surface area contributed by atoms with Gasteiger partial charge in [0.1, 0.15) is 17.3 Å². The molecular formula is C23H29NO4. The Morgan fingerprint density at radius 3 is 2.04 bits per heavy atom. The van der Waals surface area contributed by atoms with Crippen LogP contribution in [0.4, 0.5) is 0 Å². The van der Waals surface area contributed by atoms with E-state index >= 15 is 0 Å². The van der Waals surface area contributed by atoms with E-state index in [0.29, 0.717) is 31.2 Å². The molecule has 0 aromatic heterocycles. The van der Waals surface area contributed by atoms with E-state index in [9.17, 15) is 9.59 Å². The third-order valence-corrected chi connectivity index (χ3v) is 4.06. The van der Waals surface area contributed by atoms with Crippen LogP contribution in [0.25, 0.3) is 0 Å². The zero-order valence-corrected chi connectivity index (χ0v) is 16.9. The highest BCUT2D eigenvalue weighted by Gasteiger charge is 2.04. The van der Waals surface area contributed by atoms with Crippen molar-refractivity contribution in [2.75, 3.05) is 13.2 Å². The van der Waals surface area contributed by atoms with Crippen LogP contribution in [0.1, 0.15) is 38.3 Å². The Balaban J connectivity index is 1.70. The van der Waals surface area contributed by atoms with Crippen molar-refractivity contribution in [3.63, 3.8) is 0 Å².